The molecule has 0 unspecified atom stereocenters. The van der Waals surface area contributed by atoms with Crippen LogP contribution in [0.25, 0.3) is 0 Å². The molecule has 1 aliphatic heterocycles. The van der Waals surface area contributed by atoms with E-state index in [2.05, 4.69) is 22.2 Å². The van der Waals surface area contributed by atoms with E-state index in [9.17, 15) is 4.79 Å². The summed E-state index contributed by atoms with van der Waals surface area (Å²) in [5, 5.41) is 2.98. The summed E-state index contributed by atoms with van der Waals surface area (Å²) >= 11 is 0. The third kappa shape index (κ3) is 3.74. The highest BCUT2D eigenvalue weighted by Gasteiger charge is 2.42. The molecule has 22 heavy (non-hydrogen) atoms. The summed E-state index contributed by atoms with van der Waals surface area (Å²) in [6, 6.07) is 1.80. The Hall–Kier alpha value is -1.69. The highest BCUT2D eigenvalue weighted by Crippen LogP contribution is 2.33. The van der Waals surface area contributed by atoms with E-state index in [4.69, 9.17) is 4.74 Å². The number of rotatable bonds is 6. The van der Waals surface area contributed by atoms with E-state index in [1.54, 1.807) is 13.3 Å². The Balaban J connectivity index is 2.01. The zero-order valence-electron chi connectivity index (χ0n) is 13.8. The number of ether oxygens (including phenoxy) is 1. The third-order valence-electron chi connectivity index (χ3n) is 4.22. The largest absolute Gasteiger partial charge is 0.382 e. The van der Waals surface area contributed by atoms with Crippen LogP contribution in [-0.4, -0.2) is 46.7 Å². The zero-order valence-corrected chi connectivity index (χ0v) is 13.8. The van der Waals surface area contributed by atoms with Crippen molar-refractivity contribution in [2.75, 3.05) is 20.3 Å². The predicted octanol–water partition coefficient (Wildman–Crippen LogP) is 2.28. The summed E-state index contributed by atoms with van der Waals surface area (Å²) in [6.45, 7) is 5.80. The highest BCUT2D eigenvalue weighted by molar-refractivity contribution is 5.75. The molecule has 1 atom stereocenters. The van der Waals surface area contributed by atoms with Gasteiger partial charge in [0.1, 0.15) is 5.82 Å². The number of nitrogens with zero attached hydrogens (tertiary/aromatic N) is 3. The Bertz CT molecular complexity index is 501. The van der Waals surface area contributed by atoms with Crippen LogP contribution in [0.5, 0.6) is 0 Å². The van der Waals surface area contributed by atoms with Gasteiger partial charge in [-0.3, -0.25) is 0 Å². The first-order chi connectivity index (χ1) is 10.6. The minimum absolute atomic E-state index is 0.0285. The molecule has 1 N–H and O–H groups in total. The Morgan fingerprint density at radius 3 is 3.05 bits per heavy atom. The first-order valence-electron chi connectivity index (χ1n) is 7.94. The molecule has 0 bridgehead atoms. The summed E-state index contributed by atoms with van der Waals surface area (Å²) in [5.41, 5.74) is 0.669. The van der Waals surface area contributed by atoms with Crippen LogP contribution in [0.4, 0.5) is 4.79 Å². The molecule has 1 aromatic heterocycles. The minimum Gasteiger partial charge on any atom is -0.382 e. The molecule has 2 amide bonds. The van der Waals surface area contributed by atoms with Crippen LogP contribution in [0.15, 0.2) is 12.3 Å². The van der Waals surface area contributed by atoms with Gasteiger partial charge in [0.15, 0.2) is 0 Å². The Morgan fingerprint density at radius 2 is 2.36 bits per heavy atom. The lowest BCUT2D eigenvalue weighted by Crippen LogP contribution is -2.53. The molecule has 6 heteroatoms. The van der Waals surface area contributed by atoms with Crippen LogP contribution in [0.3, 0.4) is 0 Å². The molecule has 2 rings (SSSR count). The van der Waals surface area contributed by atoms with Gasteiger partial charge < -0.3 is 15.0 Å². The van der Waals surface area contributed by atoms with Crippen molar-refractivity contribution in [2.24, 2.45) is 0 Å². The predicted molar refractivity (Wildman–Crippen MR) is 84.5 cm³/mol. The number of amides is 2. The molecular weight excluding hydrogens is 280 g/mol. The number of hydrogen-bond acceptors (Lipinski definition) is 4. The Morgan fingerprint density at radius 1 is 1.55 bits per heavy atom. The highest BCUT2D eigenvalue weighted by atomic mass is 16.5. The number of methoxy groups -OCH3 is 1. The molecule has 1 saturated heterocycles. The van der Waals surface area contributed by atoms with Gasteiger partial charge in [0, 0.05) is 19.9 Å². The van der Waals surface area contributed by atoms with Crippen molar-refractivity contribution in [3.05, 3.63) is 23.8 Å². The lowest BCUT2D eigenvalue weighted by atomic mass is 9.91. The molecule has 0 radical (unpaired) electrons. The van der Waals surface area contributed by atoms with Crippen molar-refractivity contribution < 1.29 is 9.53 Å². The zero-order chi connectivity index (χ0) is 16.0. The van der Waals surface area contributed by atoms with Crippen molar-refractivity contribution in [1.29, 1.82) is 0 Å². The quantitative estimate of drug-likeness (QED) is 0.875. The van der Waals surface area contributed by atoms with E-state index < -0.39 is 0 Å². The second-order valence-corrected chi connectivity index (χ2v) is 5.92. The molecule has 122 valence electrons. The van der Waals surface area contributed by atoms with Gasteiger partial charge in [-0.2, -0.15) is 0 Å². The summed E-state index contributed by atoms with van der Waals surface area (Å²) in [4.78, 5) is 22.9. The van der Waals surface area contributed by atoms with Crippen molar-refractivity contribution in [1.82, 2.24) is 20.2 Å². The number of urea groups is 1. The van der Waals surface area contributed by atoms with E-state index in [1.165, 1.54) is 0 Å². The van der Waals surface area contributed by atoms with E-state index in [0.717, 1.165) is 37.9 Å². The van der Waals surface area contributed by atoms with E-state index in [1.807, 2.05) is 17.9 Å². The fraction of sp³-hybridized carbons (Fsp3) is 0.688. The van der Waals surface area contributed by atoms with Crippen LogP contribution in [0.2, 0.25) is 0 Å². The van der Waals surface area contributed by atoms with Crippen molar-refractivity contribution in [3.63, 3.8) is 0 Å². The molecule has 0 spiro atoms. The molecule has 1 fully saturated rings. The maximum Gasteiger partial charge on any atom is 0.318 e. The number of nitrogens with one attached hydrogen (secondary N) is 1. The Labute approximate surface area is 132 Å². The average Bonchev–Trinajstić information content (AvgIpc) is 2.89. The lowest BCUT2D eigenvalue weighted by molar-refractivity contribution is 0.0500. The summed E-state index contributed by atoms with van der Waals surface area (Å²) in [7, 11) is 1.70. The molecule has 2 heterocycles. The number of carbonyl (C=O) groups excluding carboxylic acids is 1. The lowest BCUT2D eigenvalue weighted by Gasteiger charge is -2.38. The molecular formula is C16H26N4O2. The minimum atomic E-state index is -0.158. The van der Waals surface area contributed by atoms with Crippen LogP contribution >= 0.6 is 0 Å². The number of hydrogen-bond donors (Lipinski definition) is 1. The molecule has 0 saturated carbocycles. The smallest absolute Gasteiger partial charge is 0.318 e. The van der Waals surface area contributed by atoms with Gasteiger partial charge in [-0.15, -0.1) is 0 Å². The summed E-state index contributed by atoms with van der Waals surface area (Å²) in [6.07, 6.45) is 5.77. The van der Waals surface area contributed by atoms with Crippen LogP contribution in [0, 0.1) is 6.92 Å². The van der Waals surface area contributed by atoms with Gasteiger partial charge in [-0.25, -0.2) is 14.8 Å². The number of likely N-dealkylation sites (tertiary alicyclic amines) is 1. The monoisotopic (exact) mass is 306 g/mol. The standard InChI is InChI=1S/C16H26N4O2/c1-4-7-16(12-22-3)8-5-10-20(16)15(21)18-11-14-6-9-17-13(2)19-14/h6,9H,4-5,7-8,10-12H2,1-3H3,(H,18,21)/t16-/m1/s1. The number of aryl methyl sites for hydroxylation is 1. The SMILES string of the molecule is CCC[C@]1(COC)CCCN1C(=O)NCc1ccnc(C)n1. The average molecular weight is 306 g/mol. The van der Waals surface area contributed by atoms with Crippen molar-refractivity contribution in [3.8, 4) is 0 Å². The van der Waals surface area contributed by atoms with Crippen LogP contribution in [0.1, 0.15) is 44.1 Å². The van der Waals surface area contributed by atoms with Crippen molar-refractivity contribution in [2.45, 2.75) is 51.6 Å². The third-order valence-corrected chi connectivity index (χ3v) is 4.22. The molecule has 6 nitrogen and oxygen atoms in total. The van der Waals surface area contributed by atoms with Gasteiger partial charge >= 0.3 is 6.03 Å². The fourth-order valence-electron chi connectivity index (χ4n) is 3.34. The molecule has 1 aromatic rings. The second-order valence-electron chi connectivity index (χ2n) is 5.92. The van der Waals surface area contributed by atoms with Gasteiger partial charge in [0.05, 0.1) is 24.4 Å². The van der Waals surface area contributed by atoms with Gasteiger partial charge in [0.2, 0.25) is 0 Å². The molecule has 0 aromatic carbocycles. The van der Waals surface area contributed by atoms with Gasteiger partial charge in [0.25, 0.3) is 0 Å². The van der Waals surface area contributed by atoms with E-state index in [0.29, 0.717) is 19.0 Å². The van der Waals surface area contributed by atoms with Gasteiger partial charge in [-0.1, -0.05) is 13.3 Å². The normalized spacial score (nSPS) is 21.1. The topological polar surface area (TPSA) is 67.3 Å². The van der Waals surface area contributed by atoms with Crippen LogP contribution < -0.4 is 5.32 Å². The first kappa shape index (κ1) is 16.7. The summed E-state index contributed by atoms with van der Waals surface area (Å²) < 4.78 is 5.40. The van der Waals surface area contributed by atoms with Gasteiger partial charge in [-0.05, 0) is 32.3 Å². The number of carbonyl (C=O) groups is 1. The number of aromatic nitrogens is 2. The Kier molecular flexibility index (Phi) is 5.71. The van der Waals surface area contributed by atoms with Crippen LogP contribution in [-0.2, 0) is 11.3 Å². The summed E-state index contributed by atoms with van der Waals surface area (Å²) in [5.74, 6) is 0.715. The van der Waals surface area contributed by atoms with E-state index >= 15 is 0 Å². The van der Waals surface area contributed by atoms with Crippen molar-refractivity contribution >= 4 is 6.03 Å². The first-order valence-corrected chi connectivity index (χ1v) is 7.94. The fourth-order valence-corrected chi connectivity index (χ4v) is 3.34. The van der Waals surface area contributed by atoms with E-state index in [-0.39, 0.29) is 11.6 Å². The second kappa shape index (κ2) is 7.54. The molecule has 1 aliphatic rings. The maximum atomic E-state index is 12.6. The maximum absolute atomic E-state index is 12.6. The molecule has 0 aliphatic carbocycles.